The van der Waals surface area contributed by atoms with Gasteiger partial charge in [-0.05, 0) is 25.0 Å². The van der Waals surface area contributed by atoms with Gasteiger partial charge in [-0.25, -0.2) is 0 Å². The molecule has 0 spiro atoms. The highest BCUT2D eigenvalue weighted by Gasteiger charge is 2.26. The van der Waals surface area contributed by atoms with Crippen molar-refractivity contribution in [2.45, 2.75) is 32.2 Å². The minimum Gasteiger partial charge on any atom is -0.335 e. The zero-order valence-corrected chi connectivity index (χ0v) is 10.9. The molecule has 1 amide bonds. The number of nitrogens with one attached hydrogen (secondary N) is 1. The quantitative estimate of drug-likeness (QED) is 0.822. The van der Waals surface area contributed by atoms with Gasteiger partial charge in [0, 0.05) is 0 Å². The van der Waals surface area contributed by atoms with Gasteiger partial charge in [0.1, 0.15) is 5.54 Å². The number of terminal acetylenes is 1. The van der Waals surface area contributed by atoms with Gasteiger partial charge in [0.2, 0.25) is 0 Å². The van der Waals surface area contributed by atoms with Crippen LogP contribution in [0.2, 0.25) is 4.34 Å². The number of carbonyl (C=O) groups excluding carboxylic acids is 1. The van der Waals surface area contributed by atoms with E-state index in [-0.39, 0.29) is 5.91 Å². The maximum Gasteiger partial charge on any atom is 0.262 e. The molecular weight excluding hydrogens is 242 g/mol. The lowest BCUT2D eigenvalue weighted by Crippen LogP contribution is -2.46. The van der Waals surface area contributed by atoms with Crippen LogP contribution >= 0.6 is 22.9 Å². The lowest BCUT2D eigenvalue weighted by molar-refractivity contribution is 0.0920. The van der Waals surface area contributed by atoms with E-state index in [1.54, 1.807) is 12.1 Å². The number of carbonyl (C=O) groups is 1. The second-order valence-electron chi connectivity index (χ2n) is 3.49. The lowest BCUT2D eigenvalue weighted by Gasteiger charge is -2.26. The summed E-state index contributed by atoms with van der Waals surface area (Å²) in [6, 6.07) is 3.41. The molecule has 2 nitrogen and oxygen atoms in total. The third-order valence-electron chi connectivity index (χ3n) is 2.63. The summed E-state index contributed by atoms with van der Waals surface area (Å²) in [7, 11) is 0. The van der Waals surface area contributed by atoms with E-state index >= 15 is 0 Å². The first-order valence-corrected chi connectivity index (χ1v) is 6.32. The molecule has 1 rings (SSSR count). The number of halogens is 1. The molecule has 0 saturated carbocycles. The predicted molar refractivity (Wildman–Crippen MR) is 68.9 cm³/mol. The summed E-state index contributed by atoms with van der Waals surface area (Å²) in [6.07, 6.45) is 6.90. The third-order valence-corrected chi connectivity index (χ3v) is 3.86. The summed E-state index contributed by atoms with van der Waals surface area (Å²) in [5.74, 6) is 2.51. The van der Waals surface area contributed by atoms with Gasteiger partial charge in [0.05, 0.1) is 9.21 Å². The number of hydrogen-bond acceptors (Lipinski definition) is 2. The molecule has 0 saturated heterocycles. The fourth-order valence-corrected chi connectivity index (χ4v) is 2.32. The standard InChI is InChI=1S/C12H14ClNOS/c1-4-12(5-2,6-3)14-11(15)9-7-8-10(13)16-9/h1,7-8H,5-6H2,2-3H3,(H,14,15). The molecule has 0 atom stereocenters. The number of amides is 1. The van der Waals surface area contributed by atoms with Crippen LogP contribution in [0.4, 0.5) is 0 Å². The van der Waals surface area contributed by atoms with Crippen LogP contribution in [0.25, 0.3) is 0 Å². The Hall–Kier alpha value is -0.980. The molecule has 0 bridgehead atoms. The zero-order valence-electron chi connectivity index (χ0n) is 9.34. The van der Waals surface area contributed by atoms with Crippen LogP contribution in [0.3, 0.4) is 0 Å². The highest BCUT2D eigenvalue weighted by molar-refractivity contribution is 7.18. The van der Waals surface area contributed by atoms with Crippen LogP contribution < -0.4 is 5.32 Å². The highest BCUT2D eigenvalue weighted by atomic mass is 35.5. The third kappa shape index (κ3) is 2.78. The summed E-state index contributed by atoms with van der Waals surface area (Å²) in [5.41, 5.74) is -0.548. The number of thiophene rings is 1. The normalized spacial score (nSPS) is 10.9. The molecule has 0 unspecified atom stereocenters. The second kappa shape index (κ2) is 5.38. The Morgan fingerprint density at radius 3 is 2.56 bits per heavy atom. The largest absolute Gasteiger partial charge is 0.335 e. The Balaban J connectivity index is 2.81. The van der Waals surface area contributed by atoms with E-state index in [4.69, 9.17) is 18.0 Å². The van der Waals surface area contributed by atoms with Crippen molar-refractivity contribution in [2.24, 2.45) is 0 Å². The van der Waals surface area contributed by atoms with E-state index in [9.17, 15) is 4.79 Å². The first-order chi connectivity index (χ1) is 7.56. The van der Waals surface area contributed by atoms with Crippen LogP contribution in [0.15, 0.2) is 12.1 Å². The predicted octanol–water partition coefficient (Wildman–Crippen LogP) is 3.32. The van der Waals surface area contributed by atoms with Crippen LogP contribution in [0.5, 0.6) is 0 Å². The molecule has 0 fully saturated rings. The number of hydrogen-bond donors (Lipinski definition) is 1. The average Bonchev–Trinajstić information content (AvgIpc) is 2.73. The van der Waals surface area contributed by atoms with Crippen molar-refractivity contribution in [3.05, 3.63) is 21.3 Å². The maximum absolute atomic E-state index is 11.9. The summed E-state index contributed by atoms with van der Waals surface area (Å²) >= 11 is 7.03. The molecule has 1 aromatic rings. The van der Waals surface area contributed by atoms with Gasteiger partial charge in [-0.3, -0.25) is 4.79 Å². The topological polar surface area (TPSA) is 29.1 Å². The van der Waals surface area contributed by atoms with Crippen molar-refractivity contribution in [2.75, 3.05) is 0 Å². The molecule has 1 heterocycles. The van der Waals surface area contributed by atoms with Crippen LogP contribution in [-0.4, -0.2) is 11.4 Å². The van der Waals surface area contributed by atoms with Crippen molar-refractivity contribution < 1.29 is 4.79 Å². The smallest absolute Gasteiger partial charge is 0.262 e. The van der Waals surface area contributed by atoms with E-state index in [0.29, 0.717) is 22.1 Å². The van der Waals surface area contributed by atoms with E-state index in [2.05, 4.69) is 11.2 Å². The SMILES string of the molecule is C#CC(CC)(CC)NC(=O)c1ccc(Cl)s1. The van der Waals surface area contributed by atoms with Crippen LogP contribution in [0.1, 0.15) is 36.4 Å². The fraction of sp³-hybridized carbons (Fsp3) is 0.417. The highest BCUT2D eigenvalue weighted by Crippen LogP contribution is 2.22. The van der Waals surface area contributed by atoms with Crippen LogP contribution in [-0.2, 0) is 0 Å². The Bertz CT molecular complexity index is 415. The monoisotopic (exact) mass is 255 g/mol. The first-order valence-electron chi connectivity index (χ1n) is 5.12. The number of rotatable bonds is 4. The Morgan fingerprint density at radius 2 is 2.19 bits per heavy atom. The molecule has 4 heteroatoms. The van der Waals surface area contributed by atoms with Crippen molar-refractivity contribution in [3.63, 3.8) is 0 Å². The minimum absolute atomic E-state index is 0.154. The summed E-state index contributed by atoms with van der Waals surface area (Å²) in [4.78, 5) is 12.5. The van der Waals surface area contributed by atoms with Gasteiger partial charge in [-0.1, -0.05) is 31.4 Å². The molecule has 1 N–H and O–H groups in total. The van der Waals surface area contributed by atoms with Gasteiger partial charge in [-0.15, -0.1) is 17.8 Å². The molecule has 0 aliphatic heterocycles. The Labute approximate surface area is 105 Å². The van der Waals surface area contributed by atoms with Gasteiger partial charge in [-0.2, -0.15) is 0 Å². The zero-order chi connectivity index (χ0) is 12.2. The molecule has 0 aliphatic carbocycles. The van der Waals surface area contributed by atoms with Gasteiger partial charge in [0.15, 0.2) is 0 Å². The summed E-state index contributed by atoms with van der Waals surface area (Å²) in [6.45, 7) is 3.93. The van der Waals surface area contributed by atoms with Gasteiger partial charge in [0.25, 0.3) is 5.91 Å². The average molecular weight is 256 g/mol. The van der Waals surface area contributed by atoms with Crippen molar-refractivity contribution in [1.29, 1.82) is 0 Å². The van der Waals surface area contributed by atoms with Gasteiger partial charge >= 0.3 is 0 Å². The summed E-state index contributed by atoms with van der Waals surface area (Å²) < 4.78 is 0.601. The second-order valence-corrected chi connectivity index (χ2v) is 5.21. The Morgan fingerprint density at radius 1 is 1.56 bits per heavy atom. The van der Waals surface area contributed by atoms with Gasteiger partial charge < -0.3 is 5.32 Å². The van der Waals surface area contributed by atoms with Crippen molar-refractivity contribution in [3.8, 4) is 12.3 Å². The Kier molecular flexibility index (Phi) is 4.40. The molecule has 16 heavy (non-hydrogen) atoms. The molecule has 0 aliphatic rings. The molecule has 1 aromatic heterocycles. The molecule has 0 aromatic carbocycles. The van der Waals surface area contributed by atoms with E-state index < -0.39 is 5.54 Å². The maximum atomic E-state index is 11.9. The van der Waals surface area contributed by atoms with E-state index in [1.807, 2.05) is 13.8 Å². The first kappa shape index (κ1) is 13.1. The molecular formula is C12H14ClNOS. The van der Waals surface area contributed by atoms with Crippen molar-refractivity contribution >= 4 is 28.8 Å². The van der Waals surface area contributed by atoms with E-state index in [1.165, 1.54) is 11.3 Å². The van der Waals surface area contributed by atoms with Crippen molar-refractivity contribution in [1.82, 2.24) is 5.32 Å². The van der Waals surface area contributed by atoms with Crippen LogP contribution in [0, 0.1) is 12.3 Å². The summed E-state index contributed by atoms with van der Waals surface area (Å²) in [5, 5.41) is 2.89. The lowest BCUT2D eigenvalue weighted by atomic mass is 9.94. The van der Waals surface area contributed by atoms with E-state index in [0.717, 1.165) is 0 Å². The molecule has 86 valence electrons. The molecule has 0 radical (unpaired) electrons. The fourth-order valence-electron chi connectivity index (χ4n) is 1.38. The minimum atomic E-state index is -0.548.